The van der Waals surface area contributed by atoms with E-state index in [0.717, 1.165) is 24.2 Å². The molecule has 0 radical (unpaired) electrons. The minimum atomic E-state index is -3.34. The molecule has 1 fully saturated rings. The summed E-state index contributed by atoms with van der Waals surface area (Å²) in [5.74, 6) is 0.200. The molecule has 0 aliphatic carbocycles. The summed E-state index contributed by atoms with van der Waals surface area (Å²) < 4.78 is 29.5. The molecule has 0 amide bonds. The maximum Gasteiger partial charge on any atom is 0.281 e. The summed E-state index contributed by atoms with van der Waals surface area (Å²) in [7, 11) is -0.181. The highest BCUT2D eigenvalue weighted by molar-refractivity contribution is 7.86. The van der Waals surface area contributed by atoms with Gasteiger partial charge in [0.25, 0.3) is 10.2 Å². The van der Waals surface area contributed by atoms with Crippen molar-refractivity contribution in [1.29, 1.82) is 0 Å². The number of hydrogen-bond acceptors (Lipinski definition) is 3. The molecule has 7 heteroatoms. The summed E-state index contributed by atoms with van der Waals surface area (Å²) in [4.78, 5) is 4.29. The Labute approximate surface area is 125 Å². The molecule has 6 nitrogen and oxygen atoms in total. The van der Waals surface area contributed by atoms with Crippen molar-refractivity contribution in [2.75, 3.05) is 27.2 Å². The van der Waals surface area contributed by atoms with Crippen LogP contribution in [0.3, 0.4) is 0 Å². The van der Waals surface area contributed by atoms with Crippen molar-refractivity contribution in [3.8, 4) is 0 Å². The van der Waals surface area contributed by atoms with Gasteiger partial charge in [0.1, 0.15) is 5.65 Å². The van der Waals surface area contributed by atoms with Gasteiger partial charge in [0.05, 0.1) is 0 Å². The minimum absolute atomic E-state index is 0.200. The molecule has 114 valence electrons. The third kappa shape index (κ3) is 2.56. The van der Waals surface area contributed by atoms with Crippen LogP contribution in [0.1, 0.15) is 24.5 Å². The number of piperidine rings is 1. The average Bonchev–Trinajstić information content (AvgIpc) is 2.95. The van der Waals surface area contributed by atoms with Gasteiger partial charge < -0.3 is 4.40 Å². The Balaban J connectivity index is 1.92. The molecule has 2 aromatic heterocycles. The van der Waals surface area contributed by atoms with Gasteiger partial charge in [-0.2, -0.15) is 17.0 Å². The normalized spacial score (nSPS) is 21.2. The van der Waals surface area contributed by atoms with E-state index < -0.39 is 10.2 Å². The Bertz CT molecular complexity index is 738. The average molecular weight is 308 g/mol. The second-order valence-corrected chi connectivity index (χ2v) is 7.74. The SMILES string of the molecule is CN(C)S(=O)(=O)N1CCC[C@@H](c2cccc3nccn23)C1. The molecule has 0 unspecified atom stereocenters. The summed E-state index contributed by atoms with van der Waals surface area (Å²) in [5.41, 5.74) is 2.03. The topological polar surface area (TPSA) is 57.9 Å². The summed E-state index contributed by atoms with van der Waals surface area (Å²) in [6.45, 7) is 1.12. The van der Waals surface area contributed by atoms with Crippen molar-refractivity contribution in [2.45, 2.75) is 18.8 Å². The number of aromatic nitrogens is 2. The van der Waals surface area contributed by atoms with E-state index in [0.29, 0.717) is 13.1 Å². The Hall–Kier alpha value is -1.44. The van der Waals surface area contributed by atoms with Gasteiger partial charge in [0, 0.05) is 51.2 Å². The van der Waals surface area contributed by atoms with Gasteiger partial charge >= 0.3 is 0 Å². The van der Waals surface area contributed by atoms with Crippen LogP contribution in [0.4, 0.5) is 0 Å². The fourth-order valence-corrected chi connectivity index (χ4v) is 4.12. The van der Waals surface area contributed by atoms with Crippen molar-refractivity contribution in [2.24, 2.45) is 0 Å². The third-order valence-corrected chi connectivity index (χ3v) is 5.96. The molecule has 0 aromatic carbocycles. The van der Waals surface area contributed by atoms with Crippen molar-refractivity contribution in [3.63, 3.8) is 0 Å². The lowest BCUT2D eigenvalue weighted by atomic mass is 9.95. The van der Waals surface area contributed by atoms with Gasteiger partial charge in [0.2, 0.25) is 0 Å². The van der Waals surface area contributed by atoms with Crippen LogP contribution in [0.2, 0.25) is 0 Å². The predicted molar refractivity (Wildman–Crippen MR) is 81.3 cm³/mol. The van der Waals surface area contributed by atoms with Crippen molar-refractivity contribution in [3.05, 3.63) is 36.3 Å². The first kappa shape index (κ1) is 14.5. The molecule has 1 atom stereocenters. The standard InChI is InChI=1S/C14H20N4O2S/c1-16(2)21(19,20)17-9-4-5-12(11-17)13-6-3-7-14-15-8-10-18(13)14/h3,6-8,10,12H,4-5,9,11H2,1-2H3/t12-/m1/s1. The maximum absolute atomic E-state index is 12.3. The maximum atomic E-state index is 12.3. The molecule has 0 N–H and O–H groups in total. The molecule has 1 saturated heterocycles. The second kappa shape index (κ2) is 5.40. The van der Waals surface area contributed by atoms with Crippen LogP contribution < -0.4 is 0 Å². The van der Waals surface area contributed by atoms with E-state index in [-0.39, 0.29) is 5.92 Å². The van der Waals surface area contributed by atoms with Gasteiger partial charge in [-0.3, -0.25) is 0 Å². The van der Waals surface area contributed by atoms with Crippen molar-refractivity contribution < 1.29 is 8.42 Å². The first-order valence-electron chi connectivity index (χ1n) is 7.10. The van der Waals surface area contributed by atoms with E-state index in [9.17, 15) is 8.42 Å². The van der Waals surface area contributed by atoms with E-state index in [4.69, 9.17) is 0 Å². The summed E-state index contributed by atoms with van der Waals surface area (Å²) >= 11 is 0. The second-order valence-electron chi connectivity index (χ2n) is 5.59. The van der Waals surface area contributed by atoms with Crippen molar-refractivity contribution in [1.82, 2.24) is 18.0 Å². The van der Waals surface area contributed by atoms with Gasteiger partial charge in [-0.05, 0) is 25.0 Å². The number of rotatable bonds is 3. The molecule has 0 saturated carbocycles. The number of imidazole rings is 1. The zero-order chi connectivity index (χ0) is 15.0. The number of fused-ring (bicyclic) bond motifs is 1. The first-order chi connectivity index (χ1) is 10.00. The summed E-state index contributed by atoms with van der Waals surface area (Å²) in [6.07, 6.45) is 5.58. The lowest BCUT2D eigenvalue weighted by Gasteiger charge is -2.33. The highest BCUT2D eigenvalue weighted by Crippen LogP contribution is 2.29. The van der Waals surface area contributed by atoms with E-state index in [1.54, 1.807) is 24.6 Å². The van der Waals surface area contributed by atoms with Gasteiger partial charge in [0.15, 0.2) is 0 Å². The van der Waals surface area contributed by atoms with Gasteiger partial charge in [-0.25, -0.2) is 4.98 Å². The summed E-state index contributed by atoms with van der Waals surface area (Å²) in [6, 6.07) is 6.00. The number of hydrogen-bond donors (Lipinski definition) is 0. The molecular formula is C14H20N4O2S. The molecule has 3 heterocycles. The van der Waals surface area contributed by atoms with Crippen LogP contribution in [0.15, 0.2) is 30.6 Å². The zero-order valence-corrected chi connectivity index (χ0v) is 13.1. The molecule has 21 heavy (non-hydrogen) atoms. The van der Waals surface area contributed by atoms with E-state index >= 15 is 0 Å². The predicted octanol–water partition coefficient (Wildman–Crippen LogP) is 1.32. The van der Waals surface area contributed by atoms with E-state index in [2.05, 4.69) is 15.5 Å². The Morgan fingerprint density at radius 2 is 2.14 bits per heavy atom. The van der Waals surface area contributed by atoms with Gasteiger partial charge in [-0.1, -0.05) is 6.07 Å². The molecule has 0 spiro atoms. The highest BCUT2D eigenvalue weighted by Gasteiger charge is 2.31. The lowest BCUT2D eigenvalue weighted by molar-refractivity contribution is 0.295. The Morgan fingerprint density at radius 3 is 2.90 bits per heavy atom. The molecular weight excluding hydrogens is 288 g/mol. The van der Waals surface area contributed by atoms with Crippen LogP contribution in [-0.2, 0) is 10.2 Å². The molecule has 0 bridgehead atoms. The Kier molecular flexibility index (Phi) is 3.73. The minimum Gasteiger partial charge on any atom is -0.304 e. The van der Waals surface area contributed by atoms with Crippen LogP contribution >= 0.6 is 0 Å². The number of nitrogens with zero attached hydrogens (tertiary/aromatic N) is 4. The van der Waals surface area contributed by atoms with E-state index in [1.165, 1.54) is 4.31 Å². The molecule has 3 rings (SSSR count). The van der Waals surface area contributed by atoms with E-state index in [1.807, 2.05) is 18.3 Å². The largest absolute Gasteiger partial charge is 0.304 e. The first-order valence-corrected chi connectivity index (χ1v) is 8.49. The zero-order valence-electron chi connectivity index (χ0n) is 12.3. The monoisotopic (exact) mass is 308 g/mol. The van der Waals surface area contributed by atoms with Crippen LogP contribution in [0.5, 0.6) is 0 Å². The van der Waals surface area contributed by atoms with Crippen LogP contribution in [0, 0.1) is 0 Å². The van der Waals surface area contributed by atoms with Crippen LogP contribution in [-0.4, -0.2) is 53.6 Å². The molecule has 2 aromatic rings. The molecule has 1 aliphatic rings. The van der Waals surface area contributed by atoms with Gasteiger partial charge in [-0.15, -0.1) is 0 Å². The quantitative estimate of drug-likeness (QED) is 0.859. The smallest absolute Gasteiger partial charge is 0.281 e. The van der Waals surface area contributed by atoms with Crippen molar-refractivity contribution >= 4 is 15.9 Å². The highest BCUT2D eigenvalue weighted by atomic mass is 32.2. The molecule has 1 aliphatic heterocycles. The fraction of sp³-hybridized carbons (Fsp3) is 0.500. The summed E-state index contributed by atoms with van der Waals surface area (Å²) in [5, 5.41) is 0. The lowest BCUT2D eigenvalue weighted by Crippen LogP contribution is -2.45. The Morgan fingerprint density at radius 1 is 1.33 bits per heavy atom. The number of pyridine rings is 1. The fourth-order valence-electron chi connectivity index (χ4n) is 2.93. The van der Waals surface area contributed by atoms with Crippen LogP contribution in [0.25, 0.3) is 5.65 Å². The third-order valence-electron chi connectivity index (χ3n) is 4.05.